The molecular weight excluding hydrogens is 218 g/mol. The zero-order valence-electron chi connectivity index (χ0n) is 9.69. The van der Waals surface area contributed by atoms with E-state index in [9.17, 15) is 5.11 Å². The van der Waals surface area contributed by atoms with Gasteiger partial charge in [0.25, 0.3) is 0 Å². The van der Waals surface area contributed by atoms with Gasteiger partial charge in [0.05, 0.1) is 5.69 Å². The molecule has 1 N–H and O–H groups in total. The van der Waals surface area contributed by atoms with Gasteiger partial charge in [0, 0.05) is 10.9 Å². The summed E-state index contributed by atoms with van der Waals surface area (Å²) in [6.07, 6.45) is -0.482. The highest BCUT2D eigenvalue weighted by molar-refractivity contribution is 7.10. The molecule has 2 nitrogen and oxygen atoms in total. The average molecular weight is 233 g/mol. The van der Waals surface area contributed by atoms with Crippen molar-refractivity contribution in [3.05, 3.63) is 39.7 Å². The number of benzene rings is 1. The highest BCUT2D eigenvalue weighted by Crippen LogP contribution is 2.26. The first-order chi connectivity index (χ1) is 7.56. The van der Waals surface area contributed by atoms with E-state index in [0.29, 0.717) is 0 Å². The molecule has 0 saturated carbocycles. The molecule has 16 heavy (non-hydrogen) atoms. The lowest BCUT2D eigenvalue weighted by Gasteiger charge is -2.02. The lowest BCUT2D eigenvalue weighted by atomic mass is 10.1. The van der Waals surface area contributed by atoms with Crippen LogP contribution < -0.4 is 0 Å². The SMILES string of the molecule is Cc1cc(C)cc(-c2csc(C(C)O)n2)c1. The molecule has 1 aromatic carbocycles. The minimum Gasteiger partial charge on any atom is -0.386 e. The van der Waals surface area contributed by atoms with Gasteiger partial charge in [0.2, 0.25) is 0 Å². The first-order valence-corrected chi connectivity index (χ1v) is 6.16. The standard InChI is InChI=1S/C13H15NOS/c1-8-4-9(2)6-11(5-8)12-7-16-13(14-12)10(3)15/h4-7,10,15H,1-3H3. The van der Waals surface area contributed by atoms with Crippen LogP contribution in [0.15, 0.2) is 23.6 Å². The van der Waals surface area contributed by atoms with Crippen LogP contribution in [-0.4, -0.2) is 10.1 Å². The Balaban J connectivity index is 2.42. The van der Waals surface area contributed by atoms with Gasteiger partial charge in [0.15, 0.2) is 0 Å². The van der Waals surface area contributed by atoms with Gasteiger partial charge in [-0.15, -0.1) is 11.3 Å². The summed E-state index contributed by atoms with van der Waals surface area (Å²) in [7, 11) is 0. The highest BCUT2D eigenvalue weighted by atomic mass is 32.1. The fourth-order valence-electron chi connectivity index (χ4n) is 1.73. The zero-order valence-corrected chi connectivity index (χ0v) is 10.5. The summed E-state index contributed by atoms with van der Waals surface area (Å²) in [4.78, 5) is 4.43. The third kappa shape index (κ3) is 2.31. The van der Waals surface area contributed by atoms with Gasteiger partial charge in [-0.05, 0) is 32.9 Å². The maximum atomic E-state index is 9.44. The van der Waals surface area contributed by atoms with E-state index >= 15 is 0 Å². The highest BCUT2D eigenvalue weighted by Gasteiger charge is 2.08. The van der Waals surface area contributed by atoms with Crippen molar-refractivity contribution in [1.29, 1.82) is 0 Å². The first-order valence-electron chi connectivity index (χ1n) is 5.28. The molecule has 1 heterocycles. The number of hydrogen-bond acceptors (Lipinski definition) is 3. The topological polar surface area (TPSA) is 33.1 Å². The molecule has 0 saturated heterocycles. The molecule has 0 amide bonds. The average Bonchev–Trinajstić information content (AvgIpc) is 2.64. The van der Waals surface area contributed by atoms with Gasteiger partial charge in [-0.1, -0.05) is 17.2 Å². The predicted molar refractivity (Wildman–Crippen MR) is 67.7 cm³/mol. The second-order valence-corrected chi connectivity index (χ2v) is 5.01. The number of nitrogens with zero attached hydrogens (tertiary/aromatic N) is 1. The fraction of sp³-hybridized carbons (Fsp3) is 0.308. The van der Waals surface area contributed by atoms with Gasteiger partial charge in [-0.25, -0.2) is 4.98 Å². The maximum Gasteiger partial charge on any atom is 0.122 e. The van der Waals surface area contributed by atoms with Gasteiger partial charge in [-0.2, -0.15) is 0 Å². The minimum atomic E-state index is -0.482. The van der Waals surface area contributed by atoms with Crippen LogP contribution in [0.3, 0.4) is 0 Å². The van der Waals surface area contributed by atoms with Crippen molar-refractivity contribution in [1.82, 2.24) is 4.98 Å². The van der Waals surface area contributed by atoms with E-state index in [1.165, 1.54) is 22.5 Å². The van der Waals surface area contributed by atoms with Crippen LogP contribution >= 0.6 is 11.3 Å². The zero-order chi connectivity index (χ0) is 11.7. The first kappa shape index (κ1) is 11.3. The molecular formula is C13H15NOS. The van der Waals surface area contributed by atoms with Crippen LogP contribution in [-0.2, 0) is 0 Å². The molecule has 3 heteroatoms. The van der Waals surface area contributed by atoms with Gasteiger partial charge >= 0.3 is 0 Å². The second kappa shape index (κ2) is 4.36. The number of aliphatic hydroxyl groups excluding tert-OH is 1. The molecule has 0 bridgehead atoms. The van der Waals surface area contributed by atoms with Crippen molar-refractivity contribution < 1.29 is 5.11 Å². The molecule has 2 rings (SSSR count). The number of aliphatic hydroxyl groups is 1. The molecule has 0 radical (unpaired) electrons. The van der Waals surface area contributed by atoms with Crippen LogP contribution in [0.4, 0.5) is 0 Å². The normalized spacial score (nSPS) is 12.8. The van der Waals surface area contributed by atoms with E-state index in [1.54, 1.807) is 6.92 Å². The van der Waals surface area contributed by atoms with E-state index in [-0.39, 0.29) is 0 Å². The Bertz CT molecular complexity index is 482. The third-order valence-corrected chi connectivity index (χ3v) is 3.41. The van der Waals surface area contributed by atoms with E-state index in [2.05, 4.69) is 37.0 Å². The molecule has 84 valence electrons. The summed E-state index contributed by atoms with van der Waals surface area (Å²) in [5, 5.41) is 12.2. The Morgan fingerprint density at radius 1 is 1.19 bits per heavy atom. The van der Waals surface area contributed by atoms with Crippen LogP contribution in [0.2, 0.25) is 0 Å². The van der Waals surface area contributed by atoms with Crippen molar-refractivity contribution >= 4 is 11.3 Å². The molecule has 0 fully saturated rings. The number of hydrogen-bond donors (Lipinski definition) is 1. The largest absolute Gasteiger partial charge is 0.386 e. The number of aromatic nitrogens is 1. The summed E-state index contributed by atoms with van der Waals surface area (Å²) < 4.78 is 0. The fourth-order valence-corrected chi connectivity index (χ4v) is 2.50. The van der Waals surface area contributed by atoms with Gasteiger partial charge < -0.3 is 5.11 Å². The smallest absolute Gasteiger partial charge is 0.122 e. The van der Waals surface area contributed by atoms with Gasteiger partial charge in [-0.3, -0.25) is 0 Å². The van der Waals surface area contributed by atoms with Crippen LogP contribution in [0.5, 0.6) is 0 Å². The Hall–Kier alpha value is -1.19. The van der Waals surface area contributed by atoms with E-state index in [0.717, 1.165) is 16.3 Å². The van der Waals surface area contributed by atoms with E-state index < -0.39 is 6.10 Å². The Labute approximate surface area is 99.6 Å². The molecule has 1 unspecified atom stereocenters. The predicted octanol–water partition coefficient (Wildman–Crippen LogP) is 3.48. The molecule has 1 atom stereocenters. The lowest BCUT2D eigenvalue weighted by molar-refractivity contribution is 0.199. The monoisotopic (exact) mass is 233 g/mol. The van der Waals surface area contributed by atoms with Crippen molar-refractivity contribution in [2.45, 2.75) is 26.9 Å². The molecule has 0 spiro atoms. The maximum absolute atomic E-state index is 9.44. The minimum absolute atomic E-state index is 0.482. The van der Waals surface area contributed by atoms with Crippen LogP contribution in [0.1, 0.15) is 29.2 Å². The Morgan fingerprint density at radius 2 is 1.81 bits per heavy atom. The van der Waals surface area contributed by atoms with E-state index in [4.69, 9.17) is 0 Å². The van der Waals surface area contributed by atoms with Gasteiger partial charge in [0.1, 0.15) is 11.1 Å². The molecule has 0 aliphatic carbocycles. The Morgan fingerprint density at radius 3 is 2.31 bits per heavy atom. The van der Waals surface area contributed by atoms with Crippen molar-refractivity contribution in [2.24, 2.45) is 0 Å². The summed E-state index contributed by atoms with van der Waals surface area (Å²) >= 11 is 1.50. The summed E-state index contributed by atoms with van der Waals surface area (Å²) in [6, 6.07) is 6.38. The summed E-state index contributed by atoms with van der Waals surface area (Å²) in [5.41, 5.74) is 4.55. The molecule has 1 aromatic heterocycles. The second-order valence-electron chi connectivity index (χ2n) is 4.12. The van der Waals surface area contributed by atoms with E-state index in [1.807, 2.05) is 5.38 Å². The summed E-state index contributed by atoms with van der Waals surface area (Å²) in [6.45, 7) is 5.90. The molecule has 0 aliphatic rings. The quantitative estimate of drug-likeness (QED) is 0.861. The lowest BCUT2D eigenvalue weighted by Crippen LogP contribution is -1.89. The number of aryl methyl sites for hydroxylation is 2. The van der Waals surface area contributed by atoms with Crippen LogP contribution in [0.25, 0.3) is 11.3 Å². The number of thiazole rings is 1. The molecule has 2 aromatic rings. The van der Waals surface area contributed by atoms with Crippen molar-refractivity contribution in [3.63, 3.8) is 0 Å². The summed E-state index contributed by atoms with van der Waals surface area (Å²) in [5.74, 6) is 0. The molecule has 0 aliphatic heterocycles. The Kier molecular flexibility index (Phi) is 3.08. The van der Waals surface area contributed by atoms with Crippen LogP contribution in [0, 0.1) is 13.8 Å². The third-order valence-electron chi connectivity index (χ3n) is 2.40. The number of rotatable bonds is 2. The van der Waals surface area contributed by atoms with Crippen molar-refractivity contribution in [2.75, 3.05) is 0 Å². The van der Waals surface area contributed by atoms with Crippen molar-refractivity contribution in [3.8, 4) is 11.3 Å².